The number of hydrogen-bond donors (Lipinski definition) is 0. The van der Waals surface area contributed by atoms with Crippen molar-refractivity contribution in [3.63, 3.8) is 0 Å². The molecule has 0 aliphatic carbocycles. The lowest BCUT2D eigenvalue weighted by Crippen LogP contribution is -2.20. The van der Waals surface area contributed by atoms with Crippen LogP contribution in [0.4, 0.5) is 22.0 Å². The third-order valence-corrected chi connectivity index (χ3v) is 2.50. The van der Waals surface area contributed by atoms with Crippen molar-refractivity contribution >= 4 is 5.97 Å². The smallest absolute Gasteiger partial charge is 0.466 e. The number of carbonyl (C=O) groups is 1. The van der Waals surface area contributed by atoms with Crippen molar-refractivity contribution in [1.29, 1.82) is 5.26 Å². The fraction of sp³-hybridized carbons (Fsp3) is 0.385. The molecule has 0 saturated carbocycles. The van der Waals surface area contributed by atoms with Gasteiger partial charge in [0.1, 0.15) is 11.8 Å². The predicted octanol–water partition coefficient (Wildman–Crippen LogP) is 3.50. The van der Waals surface area contributed by atoms with Crippen molar-refractivity contribution in [2.75, 3.05) is 6.61 Å². The molecule has 120 valence electrons. The molecule has 0 amide bonds. The van der Waals surface area contributed by atoms with Gasteiger partial charge in [-0.1, -0.05) is 0 Å². The summed E-state index contributed by atoms with van der Waals surface area (Å²) in [5.74, 6) is -1.85. The van der Waals surface area contributed by atoms with Gasteiger partial charge in [0.25, 0.3) is 6.43 Å². The highest BCUT2D eigenvalue weighted by Gasteiger charge is 2.34. The first-order valence-corrected chi connectivity index (χ1v) is 5.95. The largest absolute Gasteiger partial charge is 0.573 e. The third-order valence-electron chi connectivity index (χ3n) is 2.50. The van der Waals surface area contributed by atoms with E-state index in [1.54, 1.807) is 0 Å². The van der Waals surface area contributed by atoms with Gasteiger partial charge in [-0.05, 0) is 19.1 Å². The summed E-state index contributed by atoms with van der Waals surface area (Å²) in [6.45, 7) is 1.41. The Kier molecular flexibility index (Phi) is 5.68. The van der Waals surface area contributed by atoms with Gasteiger partial charge in [0, 0.05) is 11.1 Å². The first kappa shape index (κ1) is 17.7. The molecule has 0 N–H and O–H groups in total. The number of halogens is 5. The lowest BCUT2D eigenvalue weighted by molar-refractivity contribution is -0.275. The van der Waals surface area contributed by atoms with Gasteiger partial charge in [0.05, 0.1) is 18.6 Å². The highest BCUT2D eigenvalue weighted by Crippen LogP contribution is 2.34. The van der Waals surface area contributed by atoms with Crippen LogP contribution in [0.2, 0.25) is 0 Å². The maximum atomic E-state index is 12.8. The zero-order valence-electron chi connectivity index (χ0n) is 11.2. The molecule has 0 saturated heterocycles. The van der Waals surface area contributed by atoms with Crippen LogP contribution in [-0.2, 0) is 16.0 Å². The van der Waals surface area contributed by atoms with Crippen LogP contribution in [0.5, 0.6) is 5.75 Å². The average molecular weight is 323 g/mol. The zero-order chi connectivity index (χ0) is 16.9. The van der Waals surface area contributed by atoms with E-state index in [1.165, 1.54) is 13.0 Å². The van der Waals surface area contributed by atoms with Crippen molar-refractivity contribution in [3.05, 3.63) is 28.8 Å². The minimum absolute atomic E-state index is 0.0509. The molecular weight excluding hydrogens is 313 g/mol. The molecule has 0 fully saturated rings. The van der Waals surface area contributed by atoms with E-state index in [2.05, 4.69) is 9.47 Å². The standard InChI is InChI=1S/C13H10F5NO3/c1-2-21-11(20)5-8-9(6-19)7(12(14)15)3-4-10(8)22-13(16,17)18/h3-4,12H,2,5H2,1H3. The fourth-order valence-electron chi connectivity index (χ4n) is 1.71. The molecule has 0 bridgehead atoms. The quantitative estimate of drug-likeness (QED) is 0.615. The summed E-state index contributed by atoms with van der Waals surface area (Å²) >= 11 is 0. The van der Waals surface area contributed by atoms with Crippen LogP contribution in [0.25, 0.3) is 0 Å². The van der Waals surface area contributed by atoms with Crippen molar-refractivity contribution in [2.24, 2.45) is 0 Å². The number of carbonyl (C=O) groups excluding carboxylic acids is 1. The highest BCUT2D eigenvalue weighted by atomic mass is 19.4. The van der Waals surface area contributed by atoms with E-state index in [0.29, 0.717) is 12.1 Å². The molecule has 1 aromatic rings. The van der Waals surface area contributed by atoms with Crippen LogP contribution < -0.4 is 4.74 Å². The van der Waals surface area contributed by atoms with Crippen molar-refractivity contribution in [3.8, 4) is 11.8 Å². The predicted molar refractivity (Wildman–Crippen MR) is 63.1 cm³/mol. The summed E-state index contributed by atoms with van der Waals surface area (Å²) in [6, 6.07) is 2.68. The highest BCUT2D eigenvalue weighted by molar-refractivity contribution is 5.75. The Morgan fingerprint density at radius 2 is 2.00 bits per heavy atom. The maximum Gasteiger partial charge on any atom is 0.573 e. The Balaban J connectivity index is 3.39. The maximum absolute atomic E-state index is 12.8. The van der Waals surface area contributed by atoms with Gasteiger partial charge in [-0.3, -0.25) is 4.79 Å². The van der Waals surface area contributed by atoms with Gasteiger partial charge in [0.15, 0.2) is 0 Å². The first-order chi connectivity index (χ1) is 10.2. The van der Waals surface area contributed by atoms with Crippen LogP contribution >= 0.6 is 0 Å². The Hall–Kier alpha value is -2.37. The monoisotopic (exact) mass is 323 g/mol. The second kappa shape index (κ2) is 7.06. The van der Waals surface area contributed by atoms with Gasteiger partial charge in [0.2, 0.25) is 0 Å². The Bertz CT molecular complexity index is 593. The van der Waals surface area contributed by atoms with Crippen molar-refractivity contribution < 1.29 is 36.2 Å². The zero-order valence-corrected chi connectivity index (χ0v) is 11.2. The van der Waals surface area contributed by atoms with E-state index < -0.39 is 47.6 Å². The average Bonchev–Trinajstić information content (AvgIpc) is 2.38. The topological polar surface area (TPSA) is 59.3 Å². The Morgan fingerprint density at radius 1 is 1.36 bits per heavy atom. The number of nitrogens with zero attached hydrogens (tertiary/aromatic N) is 1. The minimum atomic E-state index is -5.09. The van der Waals surface area contributed by atoms with Crippen LogP contribution in [0.3, 0.4) is 0 Å². The summed E-state index contributed by atoms with van der Waals surface area (Å²) in [4.78, 5) is 11.4. The second-order valence-electron chi connectivity index (χ2n) is 3.95. The molecule has 0 spiro atoms. The molecule has 0 aliphatic rings. The number of hydrogen-bond acceptors (Lipinski definition) is 4. The lowest BCUT2D eigenvalue weighted by atomic mass is 9.98. The molecule has 0 radical (unpaired) electrons. The Labute approximate surface area is 122 Å². The van der Waals surface area contributed by atoms with Crippen LogP contribution in [0.15, 0.2) is 12.1 Å². The molecule has 0 aliphatic heterocycles. The van der Waals surface area contributed by atoms with E-state index in [1.807, 2.05) is 0 Å². The molecule has 0 heterocycles. The van der Waals surface area contributed by atoms with Crippen LogP contribution in [-0.4, -0.2) is 18.9 Å². The van der Waals surface area contributed by atoms with Gasteiger partial charge in [-0.15, -0.1) is 13.2 Å². The molecule has 22 heavy (non-hydrogen) atoms. The van der Waals surface area contributed by atoms with Gasteiger partial charge < -0.3 is 9.47 Å². The normalized spacial score (nSPS) is 11.2. The summed E-state index contributed by atoms with van der Waals surface area (Å²) < 4.78 is 70.9. The first-order valence-electron chi connectivity index (χ1n) is 5.95. The molecular formula is C13H10F5NO3. The lowest BCUT2D eigenvalue weighted by Gasteiger charge is -2.16. The number of alkyl halides is 5. The number of esters is 1. The van der Waals surface area contributed by atoms with E-state index in [0.717, 1.165) is 0 Å². The van der Waals surface area contributed by atoms with Crippen LogP contribution in [0, 0.1) is 11.3 Å². The van der Waals surface area contributed by atoms with E-state index in [9.17, 15) is 26.7 Å². The number of rotatable bonds is 5. The Morgan fingerprint density at radius 3 is 2.45 bits per heavy atom. The second-order valence-corrected chi connectivity index (χ2v) is 3.95. The number of nitriles is 1. The summed E-state index contributed by atoms with van der Waals surface area (Å²) in [5, 5.41) is 8.94. The molecule has 9 heteroatoms. The number of ether oxygens (including phenoxy) is 2. The molecule has 0 aromatic heterocycles. The summed E-state index contributed by atoms with van der Waals surface area (Å²) in [6.07, 6.45) is -8.97. The summed E-state index contributed by atoms with van der Waals surface area (Å²) in [5.41, 5.74) is -2.10. The van der Waals surface area contributed by atoms with E-state index >= 15 is 0 Å². The molecule has 4 nitrogen and oxygen atoms in total. The van der Waals surface area contributed by atoms with Crippen LogP contribution in [0.1, 0.15) is 30.0 Å². The number of benzene rings is 1. The van der Waals surface area contributed by atoms with Gasteiger partial charge in [-0.2, -0.15) is 5.26 Å². The third kappa shape index (κ3) is 4.58. The molecule has 1 aromatic carbocycles. The summed E-state index contributed by atoms with van der Waals surface area (Å²) in [7, 11) is 0. The van der Waals surface area contributed by atoms with Gasteiger partial charge in [-0.25, -0.2) is 8.78 Å². The molecule has 1 rings (SSSR count). The fourth-order valence-corrected chi connectivity index (χ4v) is 1.71. The van der Waals surface area contributed by atoms with Crippen molar-refractivity contribution in [1.82, 2.24) is 0 Å². The minimum Gasteiger partial charge on any atom is -0.466 e. The SMILES string of the molecule is CCOC(=O)Cc1c(OC(F)(F)F)ccc(C(F)F)c1C#N. The van der Waals surface area contributed by atoms with Gasteiger partial charge >= 0.3 is 12.3 Å². The van der Waals surface area contributed by atoms with Crippen molar-refractivity contribution in [2.45, 2.75) is 26.1 Å². The van der Waals surface area contributed by atoms with E-state index in [4.69, 9.17) is 5.26 Å². The molecule has 0 unspecified atom stereocenters. The van der Waals surface area contributed by atoms with E-state index in [-0.39, 0.29) is 6.61 Å². The molecule has 0 atom stereocenters.